The number of nitrogens with two attached hydrogens (primary N) is 1. The predicted octanol–water partition coefficient (Wildman–Crippen LogP) is 1.77. The molecule has 5 nitrogen and oxygen atoms in total. The Balaban J connectivity index is 2.01. The van der Waals surface area contributed by atoms with Crippen LogP contribution in [0.3, 0.4) is 0 Å². The first-order valence-corrected chi connectivity index (χ1v) is 5.77. The Labute approximate surface area is 106 Å². The number of nitrogens with zero attached hydrogens (tertiary/aromatic N) is 2. The Kier molecular flexibility index (Phi) is 3.62. The van der Waals surface area contributed by atoms with Crippen molar-refractivity contribution < 1.29 is 4.74 Å². The lowest BCUT2D eigenvalue weighted by Gasteiger charge is -2.06. The first-order valence-electron chi connectivity index (χ1n) is 5.77. The fourth-order valence-corrected chi connectivity index (χ4v) is 1.57. The Hall–Kier alpha value is -2.30. The minimum Gasteiger partial charge on any atom is -0.489 e. The Morgan fingerprint density at radius 3 is 3.00 bits per heavy atom. The number of aryl methyl sites for hydroxylation is 1. The van der Waals surface area contributed by atoms with E-state index in [-0.39, 0.29) is 5.84 Å². The van der Waals surface area contributed by atoms with E-state index < -0.39 is 0 Å². The smallest absolute Gasteiger partial charge is 0.122 e. The Morgan fingerprint density at radius 2 is 2.33 bits per heavy atom. The third kappa shape index (κ3) is 2.88. The summed E-state index contributed by atoms with van der Waals surface area (Å²) >= 11 is 0. The van der Waals surface area contributed by atoms with Crippen molar-refractivity contribution in [2.24, 2.45) is 5.73 Å². The van der Waals surface area contributed by atoms with Gasteiger partial charge in [-0.15, -0.1) is 0 Å². The van der Waals surface area contributed by atoms with Crippen molar-refractivity contribution in [3.8, 4) is 5.75 Å². The Bertz CT molecular complexity index is 547. The molecule has 5 heteroatoms. The van der Waals surface area contributed by atoms with Crippen LogP contribution in [0.1, 0.15) is 18.1 Å². The molecule has 18 heavy (non-hydrogen) atoms. The van der Waals surface area contributed by atoms with Crippen LogP contribution in [0.4, 0.5) is 0 Å². The molecule has 0 amide bonds. The van der Waals surface area contributed by atoms with Crippen LogP contribution in [0, 0.1) is 5.41 Å². The molecule has 0 saturated heterocycles. The van der Waals surface area contributed by atoms with Crippen LogP contribution in [0.15, 0.2) is 36.7 Å². The second-order valence-corrected chi connectivity index (χ2v) is 3.93. The van der Waals surface area contributed by atoms with Gasteiger partial charge in [-0.05, 0) is 19.1 Å². The van der Waals surface area contributed by atoms with Gasteiger partial charge in [0.1, 0.15) is 18.2 Å². The Morgan fingerprint density at radius 1 is 1.50 bits per heavy atom. The molecule has 1 heterocycles. The van der Waals surface area contributed by atoms with E-state index in [2.05, 4.69) is 5.10 Å². The number of nitrogens with one attached hydrogen (secondary N) is 1. The normalized spacial score (nSPS) is 10.3. The first kappa shape index (κ1) is 12.2. The number of ether oxygens (including phenoxy) is 1. The van der Waals surface area contributed by atoms with Crippen LogP contribution >= 0.6 is 0 Å². The maximum absolute atomic E-state index is 7.37. The quantitative estimate of drug-likeness (QED) is 0.621. The van der Waals surface area contributed by atoms with Gasteiger partial charge in [0.15, 0.2) is 0 Å². The van der Waals surface area contributed by atoms with Crippen molar-refractivity contribution in [1.82, 2.24) is 9.78 Å². The summed E-state index contributed by atoms with van der Waals surface area (Å²) in [5, 5.41) is 11.5. The van der Waals surface area contributed by atoms with Gasteiger partial charge < -0.3 is 10.5 Å². The molecule has 0 aliphatic heterocycles. The second kappa shape index (κ2) is 5.35. The summed E-state index contributed by atoms with van der Waals surface area (Å²) in [6.45, 7) is 3.34. The molecule has 1 aromatic carbocycles. The molecule has 0 saturated carbocycles. The number of hydrogen-bond acceptors (Lipinski definition) is 3. The van der Waals surface area contributed by atoms with E-state index in [1.54, 1.807) is 18.3 Å². The average molecular weight is 244 g/mol. The van der Waals surface area contributed by atoms with Crippen molar-refractivity contribution in [2.75, 3.05) is 0 Å². The molecule has 0 radical (unpaired) electrons. The van der Waals surface area contributed by atoms with Gasteiger partial charge in [0.25, 0.3) is 0 Å². The van der Waals surface area contributed by atoms with Crippen LogP contribution in [0.2, 0.25) is 0 Å². The number of benzene rings is 1. The fraction of sp³-hybridized carbons (Fsp3) is 0.231. The highest BCUT2D eigenvalue weighted by Gasteiger charge is 2.01. The van der Waals surface area contributed by atoms with Gasteiger partial charge in [0.05, 0.1) is 6.20 Å². The van der Waals surface area contributed by atoms with Crippen LogP contribution in [-0.2, 0) is 13.2 Å². The molecule has 0 bridgehead atoms. The van der Waals surface area contributed by atoms with E-state index in [1.165, 1.54) is 0 Å². The number of rotatable bonds is 5. The average Bonchev–Trinajstić information content (AvgIpc) is 2.84. The highest BCUT2D eigenvalue weighted by molar-refractivity contribution is 5.95. The minimum absolute atomic E-state index is 0.0410. The monoisotopic (exact) mass is 244 g/mol. The van der Waals surface area contributed by atoms with Crippen LogP contribution < -0.4 is 10.5 Å². The lowest BCUT2D eigenvalue weighted by atomic mass is 10.2. The number of aromatic nitrogens is 2. The van der Waals surface area contributed by atoms with Crippen molar-refractivity contribution >= 4 is 5.84 Å². The highest BCUT2D eigenvalue weighted by atomic mass is 16.5. The molecule has 0 spiro atoms. The van der Waals surface area contributed by atoms with Gasteiger partial charge >= 0.3 is 0 Å². The third-order valence-corrected chi connectivity index (χ3v) is 2.56. The lowest BCUT2D eigenvalue weighted by molar-refractivity contribution is 0.306. The SMILES string of the molecule is CCn1cc(COc2cccc(C(=N)N)c2)cn1. The van der Waals surface area contributed by atoms with Crippen molar-refractivity contribution in [1.29, 1.82) is 5.41 Å². The maximum Gasteiger partial charge on any atom is 0.122 e. The molecule has 94 valence electrons. The van der Waals surface area contributed by atoms with E-state index in [1.807, 2.05) is 29.9 Å². The number of hydrogen-bond donors (Lipinski definition) is 2. The summed E-state index contributed by atoms with van der Waals surface area (Å²) in [5.41, 5.74) is 7.11. The second-order valence-electron chi connectivity index (χ2n) is 3.93. The zero-order valence-electron chi connectivity index (χ0n) is 10.3. The van der Waals surface area contributed by atoms with Gasteiger partial charge in [0.2, 0.25) is 0 Å². The molecule has 0 atom stereocenters. The molecule has 0 unspecified atom stereocenters. The maximum atomic E-state index is 7.37. The van der Waals surface area contributed by atoms with E-state index in [0.717, 1.165) is 12.1 Å². The fourth-order valence-electron chi connectivity index (χ4n) is 1.57. The van der Waals surface area contributed by atoms with E-state index in [0.29, 0.717) is 17.9 Å². The molecular weight excluding hydrogens is 228 g/mol. The van der Waals surface area contributed by atoms with E-state index in [9.17, 15) is 0 Å². The largest absolute Gasteiger partial charge is 0.489 e. The van der Waals surface area contributed by atoms with Gasteiger partial charge in [-0.1, -0.05) is 12.1 Å². The summed E-state index contributed by atoms with van der Waals surface area (Å²) in [5.74, 6) is 0.742. The molecule has 0 fully saturated rings. The molecule has 2 aromatic rings. The summed E-state index contributed by atoms with van der Waals surface area (Å²) in [6.07, 6.45) is 3.74. The summed E-state index contributed by atoms with van der Waals surface area (Å²) in [4.78, 5) is 0. The molecule has 0 aliphatic carbocycles. The molecule has 3 N–H and O–H groups in total. The molecule has 0 aliphatic rings. The molecular formula is C13H16N4O. The summed E-state index contributed by atoms with van der Waals surface area (Å²) in [6, 6.07) is 7.20. The summed E-state index contributed by atoms with van der Waals surface area (Å²) < 4.78 is 7.49. The van der Waals surface area contributed by atoms with Crippen LogP contribution in [0.5, 0.6) is 5.75 Å². The summed E-state index contributed by atoms with van der Waals surface area (Å²) in [7, 11) is 0. The predicted molar refractivity (Wildman–Crippen MR) is 69.7 cm³/mol. The zero-order chi connectivity index (χ0) is 13.0. The van der Waals surface area contributed by atoms with Gasteiger partial charge in [-0.25, -0.2) is 0 Å². The van der Waals surface area contributed by atoms with Crippen LogP contribution in [-0.4, -0.2) is 15.6 Å². The number of amidine groups is 1. The molecule has 2 rings (SSSR count). The standard InChI is InChI=1S/C13H16N4O/c1-2-17-8-10(7-16-17)9-18-12-5-3-4-11(6-12)13(14)15/h3-8H,2,9H2,1H3,(H3,14,15). The van der Waals surface area contributed by atoms with Crippen molar-refractivity contribution in [3.05, 3.63) is 47.8 Å². The van der Waals surface area contributed by atoms with Gasteiger partial charge in [-0.3, -0.25) is 10.1 Å². The van der Waals surface area contributed by atoms with Crippen LogP contribution in [0.25, 0.3) is 0 Å². The highest BCUT2D eigenvalue weighted by Crippen LogP contribution is 2.14. The van der Waals surface area contributed by atoms with Crippen molar-refractivity contribution in [3.63, 3.8) is 0 Å². The van der Waals surface area contributed by atoms with Crippen molar-refractivity contribution in [2.45, 2.75) is 20.1 Å². The first-order chi connectivity index (χ1) is 8.69. The van der Waals surface area contributed by atoms with Gasteiger partial charge in [-0.2, -0.15) is 5.10 Å². The zero-order valence-corrected chi connectivity index (χ0v) is 10.3. The third-order valence-electron chi connectivity index (χ3n) is 2.56. The van der Waals surface area contributed by atoms with Gasteiger partial charge in [0, 0.05) is 23.9 Å². The topological polar surface area (TPSA) is 76.9 Å². The minimum atomic E-state index is 0.0410. The lowest BCUT2D eigenvalue weighted by Crippen LogP contribution is -2.10. The number of nitrogen functional groups attached to an aromatic ring is 1. The van der Waals surface area contributed by atoms with E-state index in [4.69, 9.17) is 15.9 Å². The molecule has 1 aromatic heterocycles. The van der Waals surface area contributed by atoms with E-state index >= 15 is 0 Å².